The number of aromatic amines is 3. The molecule has 2 aromatic carbocycles. The van der Waals surface area contributed by atoms with Gasteiger partial charge in [-0.1, -0.05) is 50.2 Å². The molecule has 0 bridgehead atoms. The van der Waals surface area contributed by atoms with E-state index in [-0.39, 0.29) is 133 Å². The summed E-state index contributed by atoms with van der Waals surface area (Å²) in [7, 11) is -7.87. The molecule has 12 aromatic rings. The summed E-state index contributed by atoms with van der Waals surface area (Å²) in [6, 6.07) is 19.4. The minimum atomic E-state index is -3.95. The lowest BCUT2D eigenvalue weighted by Crippen LogP contribution is -2.37. The maximum Gasteiger partial charge on any atom is 0.379 e. The van der Waals surface area contributed by atoms with Crippen molar-refractivity contribution in [3.05, 3.63) is 157 Å². The number of ketones is 2. The molecule has 15 heterocycles. The van der Waals surface area contributed by atoms with Crippen molar-refractivity contribution < 1.29 is 123 Å². The SMILES string of the molecule is CC(=O)[C@H](C)CP(=O)(OC[C@H]1O[C@@H](c2cnc3c(=O)[nH]c(N)nn23)C(F)(Br)[C@H]1O)Oc1ccccc1.CC(=O)[C@H](C)CP(=O)(OC[C@H]1O[C@@H](c2cnc3c(N)nc(N)nn23)C(F)(Br)[C@H]1O)Oc1ccccc1.Nc1nc(N)c2ncc([C@@H]3O[C@H](CO)[C@H](O)C3(F)Br)n2n1.Nc1nn2c([C@@H]3O[C@H](CO)[C@H](O)C3(F)Br)ccc2c(=O)[nH]1.Nc1nn2c([C@@H]3O[C@H](CO)[C@H](O)C3(F)Br)cnc2c(=O)[nH]1. The van der Waals surface area contributed by atoms with Gasteiger partial charge < -0.3 is 114 Å². The van der Waals surface area contributed by atoms with Gasteiger partial charge in [-0.25, -0.2) is 73.6 Å². The number of nitrogens with zero attached hydrogens (tertiary/aromatic N) is 16. The van der Waals surface area contributed by atoms with Crippen molar-refractivity contribution in [2.75, 3.05) is 85.5 Å². The van der Waals surface area contributed by atoms with Gasteiger partial charge in [-0.2, -0.15) is 9.97 Å². The highest BCUT2D eigenvalue weighted by Gasteiger charge is 2.63. The number of benzene rings is 2. The Morgan fingerprint density at radius 3 is 1.02 bits per heavy atom. The fourth-order valence-electron chi connectivity index (χ4n) is 14.2. The second-order valence-corrected chi connectivity index (χ2v) is 41.0. The fourth-order valence-corrected chi connectivity index (χ4v) is 21.4. The highest BCUT2D eigenvalue weighted by molar-refractivity contribution is 9.10. The third-order valence-corrected chi connectivity index (χ3v) is 29.9. The predicted octanol–water partition coefficient (Wildman–Crippen LogP) is 2.49. The number of ether oxygens (including phenoxy) is 5. The van der Waals surface area contributed by atoms with Crippen LogP contribution in [-0.4, -0.2) is 275 Å². The zero-order chi connectivity index (χ0) is 98.6. The molecular weight excluding hydrogens is 2180 g/mol. The largest absolute Gasteiger partial charge is 0.424 e. The molecule has 135 heavy (non-hydrogen) atoms. The number of nitrogens with two attached hydrogens (primary N) is 7. The Labute approximate surface area is 795 Å². The van der Waals surface area contributed by atoms with Gasteiger partial charge in [0.2, 0.25) is 63.9 Å². The van der Waals surface area contributed by atoms with Gasteiger partial charge in [0.1, 0.15) is 120 Å². The number of alkyl halides is 10. The number of hydrogen-bond donors (Lipinski definition) is 18. The van der Waals surface area contributed by atoms with Crippen molar-refractivity contribution in [3.63, 3.8) is 0 Å². The number of halogens is 10. The summed E-state index contributed by atoms with van der Waals surface area (Å²) in [6.45, 7) is 3.22. The third-order valence-electron chi connectivity index (χ3n) is 21.4. The number of aromatic nitrogens is 19. The zero-order valence-electron chi connectivity index (χ0n) is 70.0. The molecular formula is C73H84Br5F5N26O24P2. The van der Waals surface area contributed by atoms with Crippen LogP contribution >= 0.6 is 94.8 Å². The van der Waals surface area contributed by atoms with Crippen LogP contribution in [0.4, 0.5) is 63.3 Å². The topological polar surface area (TPSA) is 758 Å². The van der Waals surface area contributed by atoms with Gasteiger partial charge in [-0.3, -0.25) is 48.0 Å². The average molecular weight is 2270 g/mol. The van der Waals surface area contributed by atoms with Gasteiger partial charge in [-0.15, -0.1) is 25.5 Å². The fraction of sp³-hybridized carbons (Fsp3) is 0.452. The van der Waals surface area contributed by atoms with Crippen molar-refractivity contribution in [1.82, 2.24) is 92.9 Å². The van der Waals surface area contributed by atoms with E-state index in [0.29, 0.717) is 0 Å². The molecule has 5 aliphatic heterocycles. The molecule has 5 saturated heterocycles. The number of aliphatic hydroxyl groups is 8. The molecule has 10 aromatic heterocycles. The van der Waals surface area contributed by atoms with E-state index in [2.05, 4.69) is 150 Å². The Kier molecular flexibility index (Phi) is 30.6. The van der Waals surface area contributed by atoms with E-state index in [0.717, 1.165) is 13.5 Å². The molecule has 5 aliphatic rings. The summed E-state index contributed by atoms with van der Waals surface area (Å²) in [5.41, 5.74) is 38.2. The van der Waals surface area contributed by atoms with Crippen LogP contribution in [0.3, 0.4) is 0 Å². The smallest absolute Gasteiger partial charge is 0.379 e. The van der Waals surface area contributed by atoms with Gasteiger partial charge in [0, 0.05) is 11.8 Å². The summed E-state index contributed by atoms with van der Waals surface area (Å²) in [5.74, 6) is -2.01. The minimum Gasteiger partial charge on any atom is -0.424 e. The van der Waals surface area contributed by atoms with Crippen molar-refractivity contribution in [3.8, 4) is 11.5 Å². The first-order chi connectivity index (χ1) is 63.4. The number of nitrogen functional groups attached to an aromatic ring is 7. The number of anilines is 7. The van der Waals surface area contributed by atoms with E-state index in [1.54, 1.807) is 74.5 Å². The zero-order valence-corrected chi connectivity index (χ0v) is 79.7. The van der Waals surface area contributed by atoms with Gasteiger partial charge >= 0.3 is 15.2 Å². The number of nitrogens with one attached hydrogen (secondary N) is 3. The van der Waals surface area contributed by atoms with Crippen LogP contribution in [0.5, 0.6) is 11.5 Å². The molecule has 24 atom stereocenters. The van der Waals surface area contributed by atoms with E-state index in [4.69, 9.17) is 97.2 Å². The number of fused-ring (bicyclic) bond motifs is 5. The van der Waals surface area contributed by atoms with Crippen LogP contribution in [0.15, 0.2) is 112 Å². The molecule has 0 spiro atoms. The average Bonchev–Trinajstić information content (AvgIpc) is 1.60. The summed E-state index contributed by atoms with van der Waals surface area (Å²) in [5, 5.41) is 97.8. The molecule has 50 nitrogen and oxygen atoms in total. The van der Waals surface area contributed by atoms with Crippen molar-refractivity contribution in [2.24, 2.45) is 11.8 Å². The molecule has 0 amide bonds. The molecule has 0 saturated carbocycles. The Balaban J connectivity index is 0.000000146. The third kappa shape index (κ3) is 21.0. The van der Waals surface area contributed by atoms with E-state index in [9.17, 15) is 71.8 Å². The highest BCUT2D eigenvalue weighted by Crippen LogP contribution is 2.57. The van der Waals surface area contributed by atoms with Gasteiger partial charge in [0.25, 0.3) is 16.7 Å². The minimum absolute atomic E-state index is 0.00218. The monoisotopic (exact) mass is 2260 g/mol. The number of carbonyl (C=O) groups is 2. The van der Waals surface area contributed by atoms with E-state index < -0.39 is 191 Å². The lowest BCUT2D eigenvalue weighted by molar-refractivity contribution is -0.120. The number of hydrogen-bond acceptors (Lipinski definition) is 42. The normalized spacial score (nSPS) is 29.5. The van der Waals surface area contributed by atoms with Crippen molar-refractivity contribution >= 4 is 176 Å². The number of Topliss-reactive ketones (excluding diaryl/α,β-unsaturated/α-hetero) is 2. The Morgan fingerprint density at radius 1 is 0.430 bits per heavy atom. The molecule has 17 rings (SSSR count). The molecule has 5 fully saturated rings. The Hall–Kier alpha value is -9.89. The second-order valence-electron chi connectivity index (χ2n) is 30.9. The molecule has 7 unspecified atom stereocenters. The molecule has 0 radical (unpaired) electrons. The first-order valence-electron chi connectivity index (χ1n) is 39.6. The second kappa shape index (κ2) is 40.3. The summed E-state index contributed by atoms with van der Waals surface area (Å²) < 4.78 is 146. The molecule has 730 valence electrons. The number of aliphatic hydroxyl groups excluding tert-OH is 8. The first kappa shape index (κ1) is 103. The standard InChI is InChI=1S/C21H25BrFN6O6P.C21H24BrFN5O7P.C11H12BrFN4O4.C10H12BrFN6O3.C10H11BrFN5O4/c1-11(12(2)30)10-36(32,35-13-6-4-3-5-7-13)33-9-15-16(31)21(22,23)17(34-15)14-8-26-19-18(24)27-20(25)28-29(14)19;1-11(12(2)29)10-36(32,35-13-6-4-3-5-7-13)33-9-15-16(30)21(22,23)17(34-15)14-8-25-18-19(31)26-20(24)27-28(14)18;12-11(13)7(19)6(3-18)21-8(11)4-1-2-5-9(20)15-10(14)16-17(4)5;11-10(12)5(20)4(2-19)21-6(10)3-1-15-8-7(13)16-9(14)17-18(3)8;11-10(12)5(19)4(2-18)21-6(10)3-1-14-7-8(20)15-9(13)16-17(3)7/h3-8,11,15-17,31H,9-10H2,1-2H3,(H4,24,25,27,28);3-8,11,15-17,30H,9-10H2,1-2H3,(H3,24,26,27,31);1-2,6-8,18-19H,3H2,(H3,14,15,16,20);1,4-6,19-20H,2H2,(H4,13,14,16,17);1,4-6,18-19H,2H2,(H3,13,15,16,20)/t2*11-,15-,16+,17+,21?,36?;6-,7+,8+,11?;2*4-,5+,6+,10?/m11111/s1. The predicted molar refractivity (Wildman–Crippen MR) is 479 cm³/mol. The van der Waals surface area contributed by atoms with E-state index in [1.165, 1.54) is 59.8 Å². The maximum atomic E-state index is 15.7. The Bertz CT molecular complexity index is 6510. The van der Waals surface area contributed by atoms with Crippen LogP contribution in [0, 0.1) is 11.8 Å². The number of rotatable bonds is 24. The summed E-state index contributed by atoms with van der Waals surface area (Å²) >= 11 is 14.1. The lowest BCUT2D eigenvalue weighted by atomic mass is 10.1. The quantitative estimate of drug-likeness (QED) is 0.0235. The van der Waals surface area contributed by atoms with Crippen molar-refractivity contribution in [2.45, 2.75) is 142 Å². The van der Waals surface area contributed by atoms with Gasteiger partial charge in [0.15, 0.2) is 22.9 Å². The van der Waals surface area contributed by atoms with Crippen LogP contribution in [0.25, 0.3) is 28.1 Å². The van der Waals surface area contributed by atoms with Crippen LogP contribution < -0.4 is 65.9 Å². The van der Waals surface area contributed by atoms with E-state index in [1.807, 2.05) is 0 Å². The summed E-state index contributed by atoms with van der Waals surface area (Å²) in [4.78, 5) is 89.4. The molecule has 25 N–H and O–H groups in total. The summed E-state index contributed by atoms with van der Waals surface area (Å²) in [6.07, 6.45) is -16.4. The van der Waals surface area contributed by atoms with E-state index >= 15 is 8.78 Å². The first-order valence-corrected chi connectivity index (χ1v) is 47.1. The van der Waals surface area contributed by atoms with Crippen molar-refractivity contribution in [1.29, 1.82) is 0 Å². The van der Waals surface area contributed by atoms with Gasteiger partial charge in [0.05, 0.1) is 98.6 Å². The van der Waals surface area contributed by atoms with Crippen LogP contribution in [-0.2, 0) is 51.5 Å². The molecule has 62 heteroatoms. The highest BCUT2D eigenvalue weighted by atomic mass is 79.9. The number of carbonyl (C=O) groups excluding carboxylic acids is 2. The maximum absolute atomic E-state index is 15.7. The number of H-pyrrole nitrogens is 3. The Morgan fingerprint density at radius 2 is 0.711 bits per heavy atom. The van der Waals surface area contributed by atoms with Crippen LogP contribution in [0.2, 0.25) is 0 Å². The molecule has 0 aliphatic carbocycles. The lowest BCUT2D eigenvalue weighted by Gasteiger charge is -2.24. The van der Waals surface area contributed by atoms with Gasteiger partial charge in [-0.05, 0) is 130 Å². The number of para-hydroxylation sites is 2. The van der Waals surface area contributed by atoms with Crippen LogP contribution in [0.1, 0.15) is 86.7 Å². The number of imidazole rings is 4.